The Hall–Kier alpha value is -0.570. The van der Waals surface area contributed by atoms with E-state index in [1.54, 1.807) is 0 Å². The molecule has 1 aliphatic rings. The molecule has 2 nitrogen and oxygen atoms in total. The van der Waals surface area contributed by atoms with Gasteiger partial charge in [0.1, 0.15) is 0 Å². The average Bonchev–Trinajstić information content (AvgIpc) is 2.29. The zero-order valence-corrected chi connectivity index (χ0v) is 10.8. The number of nitrogens with one attached hydrogen (secondary N) is 1. The van der Waals surface area contributed by atoms with Crippen molar-refractivity contribution in [3.8, 4) is 0 Å². The first-order chi connectivity index (χ1) is 6.95. The third-order valence-corrected chi connectivity index (χ3v) is 2.54. The third kappa shape index (κ3) is 4.97. The van der Waals surface area contributed by atoms with Crippen LogP contribution in [0.3, 0.4) is 0 Å². The highest BCUT2D eigenvalue weighted by Gasteiger charge is 2.07. The van der Waals surface area contributed by atoms with Gasteiger partial charge in [0.15, 0.2) is 0 Å². The molecule has 1 saturated heterocycles. The van der Waals surface area contributed by atoms with Gasteiger partial charge in [-0.25, -0.2) is 0 Å². The lowest BCUT2D eigenvalue weighted by Crippen LogP contribution is -2.31. The maximum atomic E-state index is 4.25. The minimum atomic E-state index is 0. The van der Waals surface area contributed by atoms with Gasteiger partial charge in [0.25, 0.3) is 0 Å². The van der Waals surface area contributed by atoms with Crippen molar-refractivity contribution < 1.29 is 0 Å². The molecule has 1 unspecified atom stereocenters. The highest BCUT2D eigenvalue weighted by Crippen LogP contribution is 2.09. The van der Waals surface area contributed by atoms with Gasteiger partial charge in [-0.3, -0.25) is 4.98 Å². The smallest absolute Gasteiger partial charge is 0.0627 e. The highest BCUT2D eigenvalue weighted by atomic mass is 35.5. The molecule has 16 heavy (non-hydrogen) atoms. The monoisotopic (exact) mass is 260 g/mol. The Morgan fingerprint density at radius 1 is 1.25 bits per heavy atom. The molecule has 0 bridgehead atoms. The summed E-state index contributed by atoms with van der Waals surface area (Å²) >= 11 is 0. The molecule has 1 aliphatic heterocycles. The maximum absolute atomic E-state index is 4.25. The topological polar surface area (TPSA) is 24.9 Å². The molecule has 1 N–H and O–H groups in total. The summed E-state index contributed by atoms with van der Waals surface area (Å²) in [4.78, 5) is 4.25. The van der Waals surface area contributed by atoms with E-state index < -0.39 is 0 Å². The Morgan fingerprint density at radius 3 is 2.75 bits per heavy atom. The molecule has 1 aromatic heterocycles. The van der Waals surface area contributed by atoms with Crippen LogP contribution >= 0.6 is 24.8 Å². The van der Waals surface area contributed by atoms with Crippen LogP contribution in [0.2, 0.25) is 0 Å². The molecule has 0 aliphatic carbocycles. The molecule has 0 radical (unpaired) electrons. The molecular weight excluding hydrogens is 243 g/mol. The first-order valence-corrected chi connectivity index (χ1v) is 5.28. The molecule has 0 spiro atoms. The second kappa shape index (κ2) is 8.57. The third-order valence-electron chi connectivity index (χ3n) is 2.54. The van der Waals surface area contributed by atoms with Crippen molar-refractivity contribution >= 4 is 30.9 Å². The molecule has 4 heteroatoms. The molecule has 1 fully saturated rings. The Kier molecular flexibility index (Phi) is 8.26. The van der Waals surface area contributed by atoms with Crippen LogP contribution in [0.1, 0.15) is 25.0 Å². The highest BCUT2D eigenvalue weighted by molar-refractivity contribution is 5.85. The van der Waals surface area contributed by atoms with Crippen LogP contribution in [-0.4, -0.2) is 17.6 Å². The number of piperidine rings is 1. The predicted molar refractivity (Wildman–Crippen MR) is 73.4 cm³/mol. The van der Waals surface area contributed by atoms with E-state index >= 15 is 0 Å². The maximum Gasteiger partial charge on any atom is 0.0627 e. The second-order valence-corrected chi connectivity index (χ2v) is 3.67. The molecule has 1 atom stereocenters. The summed E-state index contributed by atoms with van der Waals surface area (Å²) in [5.41, 5.74) is 1.04. The molecule has 1 aromatic rings. The van der Waals surface area contributed by atoms with Crippen LogP contribution < -0.4 is 5.32 Å². The van der Waals surface area contributed by atoms with E-state index in [0.717, 1.165) is 12.2 Å². The van der Waals surface area contributed by atoms with E-state index in [1.165, 1.54) is 19.3 Å². The lowest BCUT2D eigenvalue weighted by atomic mass is 10.0. The van der Waals surface area contributed by atoms with Crippen molar-refractivity contribution in [3.05, 3.63) is 36.2 Å². The number of pyridine rings is 1. The Morgan fingerprint density at radius 2 is 2.12 bits per heavy atom. The molecule has 0 amide bonds. The van der Waals surface area contributed by atoms with Crippen molar-refractivity contribution in [2.24, 2.45) is 0 Å². The van der Waals surface area contributed by atoms with Crippen LogP contribution in [0.5, 0.6) is 0 Å². The van der Waals surface area contributed by atoms with Crippen LogP contribution in [-0.2, 0) is 0 Å². The Bertz CT molecular complexity index is 295. The van der Waals surface area contributed by atoms with Gasteiger partial charge in [0, 0.05) is 12.2 Å². The lowest BCUT2D eigenvalue weighted by molar-refractivity contribution is 0.455. The van der Waals surface area contributed by atoms with Crippen LogP contribution in [0.15, 0.2) is 30.5 Å². The first kappa shape index (κ1) is 15.4. The fourth-order valence-corrected chi connectivity index (χ4v) is 1.73. The van der Waals surface area contributed by atoms with Crippen molar-refractivity contribution in [2.45, 2.75) is 25.3 Å². The zero-order valence-electron chi connectivity index (χ0n) is 9.13. The second-order valence-electron chi connectivity index (χ2n) is 3.67. The van der Waals surface area contributed by atoms with Gasteiger partial charge in [-0.1, -0.05) is 18.6 Å². The minimum absolute atomic E-state index is 0. The van der Waals surface area contributed by atoms with E-state index in [4.69, 9.17) is 0 Å². The lowest BCUT2D eigenvalue weighted by Gasteiger charge is -2.19. The molecular formula is C12H18Cl2N2. The van der Waals surface area contributed by atoms with Crippen molar-refractivity contribution in [1.29, 1.82) is 0 Å². The van der Waals surface area contributed by atoms with E-state index in [0.29, 0.717) is 6.04 Å². The fourth-order valence-electron chi connectivity index (χ4n) is 1.73. The van der Waals surface area contributed by atoms with E-state index in [9.17, 15) is 0 Å². The summed E-state index contributed by atoms with van der Waals surface area (Å²) in [5, 5.41) is 3.47. The molecule has 90 valence electrons. The van der Waals surface area contributed by atoms with Gasteiger partial charge in [0.2, 0.25) is 0 Å². The number of hydrogen-bond acceptors (Lipinski definition) is 2. The first-order valence-electron chi connectivity index (χ1n) is 5.28. The average molecular weight is 261 g/mol. The minimum Gasteiger partial charge on any atom is -0.311 e. The number of rotatable bonds is 2. The molecule has 2 heterocycles. The number of halogens is 2. The van der Waals surface area contributed by atoms with Crippen molar-refractivity contribution in [2.75, 3.05) is 6.54 Å². The Balaban J connectivity index is 0.00000112. The van der Waals surface area contributed by atoms with E-state index in [2.05, 4.69) is 22.5 Å². The van der Waals surface area contributed by atoms with Crippen molar-refractivity contribution in [3.63, 3.8) is 0 Å². The van der Waals surface area contributed by atoms with Gasteiger partial charge in [-0.2, -0.15) is 0 Å². The summed E-state index contributed by atoms with van der Waals surface area (Å²) < 4.78 is 0. The van der Waals surface area contributed by atoms with Crippen LogP contribution in [0.4, 0.5) is 0 Å². The quantitative estimate of drug-likeness (QED) is 0.884. The van der Waals surface area contributed by atoms with Crippen molar-refractivity contribution in [1.82, 2.24) is 10.3 Å². The number of aromatic nitrogens is 1. The molecule has 0 aromatic carbocycles. The molecule has 0 saturated carbocycles. The predicted octanol–water partition coefficient (Wildman–Crippen LogP) is 3.08. The fraction of sp³-hybridized carbons (Fsp3) is 0.417. The van der Waals surface area contributed by atoms with Gasteiger partial charge in [0.05, 0.1) is 5.69 Å². The van der Waals surface area contributed by atoms with E-state index in [-0.39, 0.29) is 24.8 Å². The van der Waals surface area contributed by atoms with Gasteiger partial charge < -0.3 is 5.32 Å². The van der Waals surface area contributed by atoms with Crippen LogP contribution in [0.25, 0.3) is 6.08 Å². The summed E-state index contributed by atoms with van der Waals surface area (Å²) in [6.45, 7) is 1.15. The SMILES string of the molecule is C(=C\C1CCCCN1)/c1ccccn1.Cl.Cl. The summed E-state index contributed by atoms with van der Waals surface area (Å²) in [6, 6.07) is 6.53. The number of nitrogens with zero attached hydrogens (tertiary/aromatic N) is 1. The summed E-state index contributed by atoms with van der Waals surface area (Å²) in [5.74, 6) is 0. The van der Waals surface area contributed by atoms with Gasteiger partial charge in [-0.05, 0) is 37.6 Å². The normalized spacial score (nSPS) is 19.9. The van der Waals surface area contributed by atoms with Gasteiger partial charge >= 0.3 is 0 Å². The van der Waals surface area contributed by atoms with Crippen LogP contribution in [0, 0.1) is 0 Å². The van der Waals surface area contributed by atoms with Gasteiger partial charge in [-0.15, -0.1) is 24.8 Å². The zero-order chi connectivity index (χ0) is 9.64. The summed E-state index contributed by atoms with van der Waals surface area (Å²) in [6.07, 6.45) is 10.1. The van der Waals surface area contributed by atoms with E-state index in [1.807, 2.05) is 24.4 Å². The summed E-state index contributed by atoms with van der Waals surface area (Å²) in [7, 11) is 0. The number of hydrogen-bond donors (Lipinski definition) is 1. The largest absolute Gasteiger partial charge is 0.311 e. The molecule has 2 rings (SSSR count). The Labute approximate surface area is 109 Å². The standard InChI is InChI=1S/C12H16N2.2ClH/c1-3-9-13-11(5-1)7-8-12-6-2-4-10-14-12;;/h1,3,5,7-9,12,14H,2,4,6,10H2;2*1H/b8-7+;;.